The molecule has 0 saturated carbocycles. The lowest BCUT2D eigenvalue weighted by Crippen LogP contribution is -2.37. The molecule has 90 valence electrons. The third-order valence-electron chi connectivity index (χ3n) is 2.44. The fraction of sp³-hybridized carbons (Fsp3) is 0.636. The number of esters is 1. The predicted octanol–water partition coefficient (Wildman–Crippen LogP) is 1.02. The molecule has 5 nitrogen and oxygen atoms in total. The second-order valence-electron chi connectivity index (χ2n) is 3.74. The zero-order valence-electron chi connectivity index (χ0n) is 10.2. The number of carbonyl (C=O) groups excluding carboxylic acids is 1. The Morgan fingerprint density at radius 3 is 2.81 bits per heavy atom. The molecule has 0 aliphatic heterocycles. The van der Waals surface area contributed by atoms with Crippen LogP contribution in [0.4, 0.5) is 0 Å². The maximum atomic E-state index is 11.4. The highest BCUT2D eigenvalue weighted by atomic mass is 16.5. The van der Waals surface area contributed by atoms with Crippen molar-refractivity contribution in [3.8, 4) is 0 Å². The first-order valence-electron chi connectivity index (χ1n) is 5.46. The summed E-state index contributed by atoms with van der Waals surface area (Å²) in [6.45, 7) is 6.00. The summed E-state index contributed by atoms with van der Waals surface area (Å²) in [6, 6.07) is 1.67. The molecule has 0 aliphatic carbocycles. The van der Waals surface area contributed by atoms with E-state index in [0.29, 0.717) is 6.61 Å². The molecular weight excluding hydrogens is 206 g/mol. The van der Waals surface area contributed by atoms with Gasteiger partial charge in [-0.05, 0) is 26.8 Å². The summed E-state index contributed by atoms with van der Waals surface area (Å²) < 4.78 is 6.72. The summed E-state index contributed by atoms with van der Waals surface area (Å²) in [7, 11) is 1.88. The molecule has 0 fully saturated rings. The SMILES string of the molecule is CCOC(=O)C(C)NC(C)c1ccnn1C. The number of rotatable bonds is 5. The molecule has 1 N–H and O–H groups in total. The number of aryl methyl sites for hydroxylation is 1. The zero-order chi connectivity index (χ0) is 12.1. The number of aromatic nitrogens is 2. The van der Waals surface area contributed by atoms with Crippen molar-refractivity contribution in [1.29, 1.82) is 0 Å². The largest absolute Gasteiger partial charge is 0.465 e. The Morgan fingerprint density at radius 2 is 2.31 bits per heavy atom. The predicted molar refractivity (Wildman–Crippen MR) is 60.9 cm³/mol. The number of hydrogen-bond donors (Lipinski definition) is 1. The molecule has 16 heavy (non-hydrogen) atoms. The van der Waals surface area contributed by atoms with Gasteiger partial charge in [0.2, 0.25) is 0 Å². The van der Waals surface area contributed by atoms with Gasteiger partial charge in [0.25, 0.3) is 0 Å². The van der Waals surface area contributed by atoms with Gasteiger partial charge in [-0.15, -0.1) is 0 Å². The summed E-state index contributed by atoms with van der Waals surface area (Å²) >= 11 is 0. The quantitative estimate of drug-likeness (QED) is 0.760. The highest BCUT2D eigenvalue weighted by molar-refractivity contribution is 5.75. The van der Waals surface area contributed by atoms with Crippen LogP contribution in [0.25, 0.3) is 0 Å². The normalized spacial score (nSPS) is 14.5. The topological polar surface area (TPSA) is 56.1 Å². The minimum Gasteiger partial charge on any atom is -0.465 e. The molecule has 0 saturated heterocycles. The van der Waals surface area contributed by atoms with Crippen LogP contribution >= 0.6 is 0 Å². The van der Waals surface area contributed by atoms with Crippen molar-refractivity contribution in [1.82, 2.24) is 15.1 Å². The zero-order valence-corrected chi connectivity index (χ0v) is 10.2. The van der Waals surface area contributed by atoms with Crippen molar-refractivity contribution in [3.63, 3.8) is 0 Å². The van der Waals surface area contributed by atoms with Crippen molar-refractivity contribution in [2.24, 2.45) is 7.05 Å². The molecule has 2 atom stereocenters. The molecule has 0 radical (unpaired) electrons. The number of ether oxygens (including phenoxy) is 1. The minimum absolute atomic E-state index is 0.0620. The first kappa shape index (κ1) is 12.7. The van der Waals surface area contributed by atoms with E-state index in [1.807, 2.05) is 20.0 Å². The molecule has 0 bridgehead atoms. The van der Waals surface area contributed by atoms with Crippen LogP contribution in [0.15, 0.2) is 12.3 Å². The first-order chi connectivity index (χ1) is 7.56. The summed E-state index contributed by atoms with van der Waals surface area (Å²) in [5.41, 5.74) is 1.04. The van der Waals surface area contributed by atoms with Crippen molar-refractivity contribution in [3.05, 3.63) is 18.0 Å². The average Bonchev–Trinajstić information content (AvgIpc) is 2.64. The van der Waals surface area contributed by atoms with E-state index in [-0.39, 0.29) is 18.1 Å². The van der Waals surface area contributed by atoms with E-state index in [4.69, 9.17) is 4.74 Å². The van der Waals surface area contributed by atoms with Gasteiger partial charge in [0.05, 0.1) is 12.3 Å². The lowest BCUT2D eigenvalue weighted by molar-refractivity contribution is -0.145. The fourth-order valence-electron chi connectivity index (χ4n) is 1.60. The molecule has 0 amide bonds. The fourth-order valence-corrected chi connectivity index (χ4v) is 1.60. The molecule has 1 aromatic rings. The van der Waals surface area contributed by atoms with Crippen molar-refractivity contribution in [2.45, 2.75) is 32.9 Å². The molecule has 0 spiro atoms. The molecule has 1 rings (SSSR count). The van der Waals surface area contributed by atoms with E-state index < -0.39 is 0 Å². The number of carbonyl (C=O) groups is 1. The Labute approximate surface area is 95.8 Å². The van der Waals surface area contributed by atoms with E-state index in [0.717, 1.165) is 5.69 Å². The summed E-state index contributed by atoms with van der Waals surface area (Å²) in [5.74, 6) is -0.225. The number of hydrogen-bond acceptors (Lipinski definition) is 4. The van der Waals surface area contributed by atoms with E-state index in [1.54, 1.807) is 24.7 Å². The number of nitrogens with one attached hydrogen (secondary N) is 1. The van der Waals surface area contributed by atoms with Crippen molar-refractivity contribution >= 4 is 5.97 Å². The maximum Gasteiger partial charge on any atom is 0.322 e. The molecule has 2 unspecified atom stereocenters. The Morgan fingerprint density at radius 1 is 1.62 bits per heavy atom. The van der Waals surface area contributed by atoms with Gasteiger partial charge in [0, 0.05) is 19.3 Å². The highest BCUT2D eigenvalue weighted by Gasteiger charge is 2.18. The molecule has 1 heterocycles. The van der Waals surface area contributed by atoms with Crippen LogP contribution in [0.3, 0.4) is 0 Å². The van der Waals surface area contributed by atoms with Crippen LogP contribution in [0.5, 0.6) is 0 Å². The second kappa shape index (κ2) is 5.65. The standard InChI is InChI=1S/C11H19N3O2/c1-5-16-11(15)9(3)13-8(2)10-6-7-12-14(10)4/h6-9,13H,5H2,1-4H3. The Balaban J connectivity index is 2.54. The summed E-state index contributed by atoms with van der Waals surface area (Å²) in [5, 5.41) is 7.26. The van der Waals surface area contributed by atoms with Crippen molar-refractivity contribution < 1.29 is 9.53 Å². The van der Waals surface area contributed by atoms with Gasteiger partial charge in [0.15, 0.2) is 0 Å². The van der Waals surface area contributed by atoms with Gasteiger partial charge in [-0.2, -0.15) is 5.10 Å². The van der Waals surface area contributed by atoms with Crippen LogP contribution < -0.4 is 5.32 Å². The van der Waals surface area contributed by atoms with Gasteiger partial charge < -0.3 is 4.74 Å². The van der Waals surface area contributed by atoms with Crippen LogP contribution in [-0.4, -0.2) is 28.4 Å². The average molecular weight is 225 g/mol. The van der Waals surface area contributed by atoms with Gasteiger partial charge >= 0.3 is 5.97 Å². The summed E-state index contributed by atoms with van der Waals surface area (Å²) in [4.78, 5) is 11.4. The van der Waals surface area contributed by atoms with E-state index >= 15 is 0 Å². The first-order valence-corrected chi connectivity index (χ1v) is 5.46. The van der Waals surface area contributed by atoms with Gasteiger partial charge in [0.1, 0.15) is 6.04 Å². The van der Waals surface area contributed by atoms with Crippen LogP contribution in [-0.2, 0) is 16.6 Å². The third-order valence-corrected chi connectivity index (χ3v) is 2.44. The Hall–Kier alpha value is -1.36. The third kappa shape index (κ3) is 3.06. The smallest absolute Gasteiger partial charge is 0.322 e. The molecule has 0 aromatic carbocycles. The van der Waals surface area contributed by atoms with E-state index in [1.165, 1.54) is 0 Å². The van der Waals surface area contributed by atoms with Gasteiger partial charge in [-0.25, -0.2) is 0 Å². The van der Waals surface area contributed by atoms with Crippen LogP contribution in [0.2, 0.25) is 0 Å². The Bertz CT molecular complexity index is 349. The second-order valence-corrected chi connectivity index (χ2v) is 3.74. The molecule has 5 heteroatoms. The van der Waals surface area contributed by atoms with E-state index in [9.17, 15) is 4.79 Å². The monoisotopic (exact) mass is 225 g/mol. The van der Waals surface area contributed by atoms with Crippen molar-refractivity contribution in [2.75, 3.05) is 6.61 Å². The molecule has 0 aliphatic rings. The maximum absolute atomic E-state index is 11.4. The lowest BCUT2D eigenvalue weighted by atomic mass is 10.2. The van der Waals surface area contributed by atoms with E-state index in [2.05, 4.69) is 10.4 Å². The van der Waals surface area contributed by atoms with Gasteiger partial charge in [-0.1, -0.05) is 0 Å². The van der Waals surface area contributed by atoms with Crippen LogP contribution in [0, 0.1) is 0 Å². The summed E-state index contributed by atoms with van der Waals surface area (Å²) in [6.07, 6.45) is 1.74. The minimum atomic E-state index is -0.315. The number of nitrogens with zero attached hydrogens (tertiary/aromatic N) is 2. The molecule has 1 aromatic heterocycles. The highest BCUT2D eigenvalue weighted by Crippen LogP contribution is 2.11. The van der Waals surface area contributed by atoms with Crippen LogP contribution in [0.1, 0.15) is 32.5 Å². The lowest BCUT2D eigenvalue weighted by Gasteiger charge is -2.18. The van der Waals surface area contributed by atoms with Gasteiger partial charge in [-0.3, -0.25) is 14.8 Å². The molecular formula is C11H19N3O2. The Kier molecular flexibility index (Phi) is 4.49.